The standard InChI is InChI=1S/C35H31Cl2N3O2.C32H34ClFN4O.C31H32ClFN4O/c36-31-21-32(37)23-33(22-31)39-34(41)25-42-35(15-18-40(19-16-35)17-5-9-26-6-2-1-3-7-26)30-13-11-28(12-14-30)29-10-4-8-27(20-29)24-38;1-37(22-31(39)36-27-13-14-30(34)29(33)20-27)32(15-17-38(18-16-32)28-7-2-3-8-28)26-11-9-24(10-12-26)25-6-4-5-23(19-25)21-35;32-28-19-26(12-13-29(28)33)36-30(38)21-35-31(14-16-37(17-15-31)27-6-1-2-7-27)25-10-8-23(9-11-25)24-5-3-4-22(18-24)20-34/h1-14,20-23H,15-19,25H2,(H,39,41);4-6,9-14,19-20,28H,2-3,7-8,15-18,22H2,1H3,(H,36,39);3-5,8-13,18-19,27,35H,1-2,6-7,14-17,21H2,(H,36,38)/b9-5+;;. The minimum absolute atomic E-state index is 0.0164. The van der Waals surface area contributed by atoms with Crippen molar-refractivity contribution in [3.05, 3.63) is 307 Å². The van der Waals surface area contributed by atoms with Crippen LogP contribution >= 0.6 is 46.4 Å². The summed E-state index contributed by atoms with van der Waals surface area (Å²) in [6.07, 6.45) is 19.9. The van der Waals surface area contributed by atoms with Crippen LogP contribution < -0.4 is 21.3 Å². The van der Waals surface area contributed by atoms with Crippen molar-refractivity contribution in [2.24, 2.45) is 0 Å². The molecule has 15 nitrogen and oxygen atoms in total. The summed E-state index contributed by atoms with van der Waals surface area (Å²) in [6, 6.07) is 79.7. The molecule has 0 bridgehead atoms. The van der Waals surface area contributed by atoms with Gasteiger partial charge in [0.25, 0.3) is 0 Å². The minimum Gasteiger partial charge on any atom is -0.360 e. The van der Waals surface area contributed by atoms with E-state index in [9.17, 15) is 39.0 Å². The normalized spacial score (nSPS) is 16.7. The molecule has 4 N–H and O–H groups in total. The molecule has 15 rings (SSSR count). The summed E-state index contributed by atoms with van der Waals surface area (Å²) in [5.41, 5.74) is 12.8. The fourth-order valence-corrected chi connectivity index (χ4v) is 18.4. The Labute approximate surface area is 717 Å². The molecular formula is C98H97Cl4F2N11O4. The molecule has 0 aromatic heterocycles. The number of hydrogen-bond donors (Lipinski definition) is 4. The number of amides is 3. The maximum Gasteiger partial charge on any atom is 0.250 e. The van der Waals surface area contributed by atoms with E-state index in [1.165, 1.54) is 98.9 Å². The van der Waals surface area contributed by atoms with Gasteiger partial charge in [-0.1, -0.05) is 224 Å². The van der Waals surface area contributed by atoms with Crippen molar-refractivity contribution >= 4 is 87.3 Å². The Morgan fingerprint density at radius 1 is 0.471 bits per heavy atom. The number of anilines is 3. The van der Waals surface area contributed by atoms with E-state index in [1.807, 2.05) is 85.9 Å². The highest BCUT2D eigenvalue weighted by molar-refractivity contribution is 6.35. The van der Waals surface area contributed by atoms with Crippen molar-refractivity contribution in [3.8, 4) is 51.6 Å². The number of nitrogens with one attached hydrogen (secondary N) is 4. The van der Waals surface area contributed by atoms with Crippen molar-refractivity contribution in [1.82, 2.24) is 24.9 Å². The lowest BCUT2D eigenvalue weighted by Crippen LogP contribution is -2.54. The third-order valence-corrected chi connectivity index (χ3v) is 25.1. The highest BCUT2D eigenvalue weighted by atomic mass is 35.5. The summed E-state index contributed by atoms with van der Waals surface area (Å²) in [5.74, 6) is -1.66. The van der Waals surface area contributed by atoms with Gasteiger partial charge in [-0.25, -0.2) is 8.78 Å². The minimum atomic E-state index is -0.615. The largest absolute Gasteiger partial charge is 0.360 e. The molecule has 0 unspecified atom stereocenters. The first-order valence-electron chi connectivity index (χ1n) is 40.9. The van der Waals surface area contributed by atoms with Crippen LogP contribution in [-0.4, -0.2) is 122 Å². The van der Waals surface area contributed by atoms with Gasteiger partial charge in [-0.3, -0.25) is 29.5 Å². The van der Waals surface area contributed by atoms with Gasteiger partial charge in [-0.2, -0.15) is 15.8 Å². The maximum atomic E-state index is 13.6. The van der Waals surface area contributed by atoms with E-state index in [2.05, 4.69) is 156 Å². The SMILES string of the molecule is CN(CC(=O)Nc1ccc(F)c(Cl)c1)C1(c2ccc(-c3cccc(C#N)c3)cc2)CCN(C2CCCC2)CC1.N#Cc1cccc(-c2ccc(C3(NCC(=O)Nc4ccc(F)c(Cl)c4)CCN(C4CCCC4)CC3)cc2)c1.N#Cc1cccc(-c2ccc(C3(OCC(=O)Nc4cc(Cl)cc(Cl)c4)CCN(C/C=C/c4ccccc4)CC3)cc2)c1. The van der Waals surface area contributed by atoms with E-state index >= 15 is 0 Å². The molecule has 2 saturated carbocycles. The highest BCUT2D eigenvalue weighted by Crippen LogP contribution is 2.44. The molecule has 0 atom stereocenters. The van der Waals surface area contributed by atoms with Crippen molar-refractivity contribution in [3.63, 3.8) is 0 Å². The smallest absolute Gasteiger partial charge is 0.250 e. The number of halogens is 6. The van der Waals surface area contributed by atoms with Crippen molar-refractivity contribution < 1.29 is 27.9 Å². The number of carbonyl (C=O) groups is 3. The quantitative estimate of drug-likeness (QED) is 0.0474. The summed E-state index contributed by atoms with van der Waals surface area (Å²) in [7, 11) is 2.02. The second-order valence-electron chi connectivity index (χ2n) is 31.5. The van der Waals surface area contributed by atoms with Crippen LogP contribution in [0.3, 0.4) is 0 Å². The zero-order chi connectivity index (χ0) is 83.3. The molecule has 10 aromatic rings. The number of benzene rings is 10. The van der Waals surface area contributed by atoms with Crippen LogP contribution in [0.25, 0.3) is 39.5 Å². The Hall–Kier alpha value is -10.4. The van der Waals surface area contributed by atoms with Crippen molar-refractivity contribution in [2.75, 3.05) is 88.5 Å². The Kier molecular flexibility index (Phi) is 29.8. The monoisotopic (exact) mass is 1670 g/mol. The average Bonchev–Trinajstić information content (AvgIpc) is 1.43. The molecule has 5 fully saturated rings. The van der Waals surface area contributed by atoms with Gasteiger partial charge in [-0.05, 0) is 218 Å². The van der Waals surface area contributed by atoms with Crippen molar-refractivity contribution in [1.29, 1.82) is 15.8 Å². The lowest BCUT2D eigenvalue weighted by atomic mass is 9.78. The maximum absolute atomic E-state index is 13.6. The molecule has 610 valence electrons. The summed E-state index contributed by atoms with van der Waals surface area (Å²) >= 11 is 24.0. The van der Waals surface area contributed by atoms with Crippen LogP contribution in [0.15, 0.2) is 237 Å². The Morgan fingerprint density at radius 2 is 0.916 bits per heavy atom. The molecular weight excluding hydrogens is 1570 g/mol. The molecule has 3 amide bonds. The topological polar surface area (TPSA) is 193 Å². The van der Waals surface area contributed by atoms with Gasteiger partial charge in [0.1, 0.15) is 18.2 Å². The van der Waals surface area contributed by atoms with Crippen LogP contribution in [0.2, 0.25) is 20.1 Å². The molecule has 2 aliphatic carbocycles. The molecule has 10 aromatic carbocycles. The van der Waals surface area contributed by atoms with E-state index in [1.54, 1.807) is 30.3 Å². The number of hydrogen-bond acceptors (Lipinski definition) is 12. The molecule has 5 aliphatic rings. The fraction of sp³-hybridized carbons (Fsp3) is 0.306. The molecule has 0 radical (unpaired) electrons. The van der Waals surface area contributed by atoms with E-state index in [4.69, 9.17) is 51.1 Å². The van der Waals surface area contributed by atoms with Gasteiger partial charge in [0.05, 0.1) is 63.6 Å². The Balaban J connectivity index is 0.000000155. The number of ether oxygens (including phenoxy) is 1. The molecule has 3 heterocycles. The van der Waals surface area contributed by atoms with Crippen LogP contribution in [0.1, 0.15) is 129 Å². The van der Waals surface area contributed by atoms with Crippen LogP contribution in [0.5, 0.6) is 0 Å². The van der Waals surface area contributed by atoms with Gasteiger partial charge in [0, 0.05) is 96.1 Å². The van der Waals surface area contributed by atoms with E-state index in [0.717, 1.165) is 129 Å². The summed E-state index contributed by atoms with van der Waals surface area (Å²) < 4.78 is 33.6. The first-order valence-corrected chi connectivity index (χ1v) is 42.4. The Morgan fingerprint density at radius 3 is 1.39 bits per heavy atom. The number of nitrogens with zero attached hydrogens (tertiary/aromatic N) is 7. The third kappa shape index (κ3) is 22.8. The predicted molar refractivity (Wildman–Crippen MR) is 474 cm³/mol. The molecule has 3 aliphatic heterocycles. The second kappa shape index (κ2) is 41.0. The van der Waals surface area contributed by atoms with Gasteiger partial charge >= 0.3 is 0 Å². The van der Waals surface area contributed by atoms with Gasteiger partial charge < -0.3 is 30.5 Å². The zero-order valence-corrected chi connectivity index (χ0v) is 69.8. The van der Waals surface area contributed by atoms with Crippen molar-refractivity contribution in [2.45, 2.75) is 119 Å². The van der Waals surface area contributed by atoms with E-state index in [0.29, 0.717) is 55.9 Å². The van der Waals surface area contributed by atoms with Crippen LogP contribution in [-0.2, 0) is 35.8 Å². The number of carbonyl (C=O) groups excluding carboxylic acids is 3. The first kappa shape index (κ1) is 86.4. The second-order valence-corrected chi connectivity index (χ2v) is 33.2. The lowest BCUT2D eigenvalue weighted by Gasteiger charge is -2.49. The number of likely N-dealkylation sites (N-methyl/N-ethyl adjacent to an activating group) is 1. The van der Waals surface area contributed by atoms with Gasteiger partial charge in [-0.15, -0.1) is 0 Å². The lowest BCUT2D eigenvalue weighted by molar-refractivity contribution is -0.134. The zero-order valence-electron chi connectivity index (χ0n) is 66.8. The summed E-state index contributed by atoms with van der Waals surface area (Å²) in [6.45, 7) is 6.69. The third-order valence-electron chi connectivity index (χ3n) is 24.1. The van der Waals surface area contributed by atoms with Crippen LogP contribution in [0, 0.1) is 45.6 Å². The molecule has 0 spiro atoms. The Bertz CT molecular complexity index is 5290. The first-order chi connectivity index (χ1) is 57.7. The fourth-order valence-electron chi connectivity index (χ4n) is 17.5. The highest BCUT2D eigenvalue weighted by Gasteiger charge is 2.43. The summed E-state index contributed by atoms with van der Waals surface area (Å²) in [4.78, 5) is 48.7. The predicted octanol–water partition coefficient (Wildman–Crippen LogP) is 21.5. The molecule has 3 saturated heterocycles. The van der Waals surface area contributed by atoms with Crippen LogP contribution in [0.4, 0.5) is 25.8 Å². The molecule has 21 heteroatoms. The number of piperidine rings is 3. The van der Waals surface area contributed by atoms with Gasteiger partial charge in [0.2, 0.25) is 17.7 Å². The number of rotatable bonds is 23. The van der Waals surface area contributed by atoms with Gasteiger partial charge in [0.15, 0.2) is 0 Å². The average molecular weight is 1670 g/mol. The number of likely N-dealkylation sites (tertiary alicyclic amines) is 3. The number of nitriles is 3. The van der Waals surface area contributed by atoms with E-state index < -0.39 is 17.2 Å². The summed E-state index contributed by atoms with van der Waals surface area (Å²) in [5, 5.41) is 40.9. The molecule has 119 heavy (non-hydrogen) atoms. The van der Waals surface area contributed by atoms with E-state index in [-0.39, 0.29) is 58.5 Å².